The van der Waals surface area contributed by atoms with Crippen molar-refractivity contribution in [2.24, 2.45) is 0 Å². The highest BCUT2D eigenvalue weighted by Gasteiger charge is 2.12. The summed E-state index contributed by atoms with van der Waals surface area (Å²) in [5, 5.41) is 0. The van der Waals surface area contributed by atoms with Gasteiger partial charge in [-0.15, -0.1) is 18.8 Å². The van der Waals surface area contributed by atoms with Crippen molar-refractivity contribution in [2.75, 3.05) is 4.90 Å². The minimum Gasteiger partial charge on any atom is -0.311 e. The van der Waals surface area contributed by atoms with Crippen molar-refractivity contribution >= 4 is 17.1 Å². The first-order valence-electron chi connectivity index (χ1n) is 8.21. The van der Waals surface area contributed by atoms with Gasteiger partial charge in [0.2, 0.25) is 0 Å². The molecule has 3 aromatic rings. The molecule has 0 N–H and O–H groups in total. The third-order valence-electron chi connectivity index (χ3n) is 3.98. The Bertz CT molecular complexity index is 972. The Morgan fingerprint density at radius 3 is 1.23 bits per heavy atom. The van der Waals surface area contributed by atoms with E-state index in [2.05, 4.69) is 40.7 Å². The van der Waals surface area contributed by atoms with Gasteiger partial charge in [0, 0.05) is 33.8 Å². The van der Waals surface area contributed by atoms with Crippen LogP contribution in [0.4, 0.5) is 17.1 Å². The standard InChI is InChI=1S/C25H17N/c1-4-7-22-12-18-25(19-13-22)26(23-14-8-20(5-2)9-15-23)24-16-10-21(6-3)11-17-24/h2-3,8-19H,1H3. The zero-order valence-electron chi connectivity index (χ0n) is 14.5. The van der Waals surface area contributed by atoms with E-state index in [0.717, 1.165) is 33.8 Å². The lowest BCUT2D eigenvalue weighted by Gasteiger charge is -2.25. The summed E-state index contributed by atoms with van der Waals surface area (Å²) in [6, 6.07) is 24.0. The maximum absolute atomic E-state index is 5.48. The van der Waals surface area contributed by atoms with E-state index in [4.69, 9.17) is 12.8 Å². The second-order valence-corrected chi connectivity index (χ2v) is 5.64. The molecule has 1 nitrogen and oxygen atoms in total. The molecule has 1 heteroatoms. The lowest BCUT2D eigenvalue weighted by molar-refractivity contribution is 1.28. The predicted octanol–water partition coefficient (Wildman–Crippen LogP) is 5.49. The first-order valence-corrected chi connectivity index (χ1v) is 8.21. The van der Waals surface area contributed by atoms with Gasteiger partial charge in [-0.25, -0.2) is 0 Å². The number of benzene rings is 3. The van der Waals surface area contributed by atoms with Gasteiger partial charge in [-0.05, 0) is 79.7 Å². The van der Waals surface area contributed by atoms with E-state index in [0.29, 0.717) is 0 Å². The highest BCUT2D eigenvalue weighted by molar-refractivity contribution is 5.77. The molecule has 0 aromatic heterocycles. The molecular formula is C25H17N. The van der Waals surface area contributed by atoms with Crippen LogP contribution in [0.3, 0.4) is 0 Å². The summed E-state index contributed by atoms with van der Waals surface area (Å²) in [7, 11) is 0. The molecule has 0 unspecified atom stereocenters. The fraction of sp³-hybridized carbons (Fsp3) is 0.0400. The van der Waals surface area contributed by atoms with E-state index >= 15 is 0 Å². The summed E-state index contributed by atoms with van der Waals surface area (Å²) in [5.41, 5.74) is 5.77. The minimum atomic E-state index is 0.852. The van der Waals surface area contributed by atoms with Crippen LogP contribution in [0.1, 0.15) is 23.6 Å². The first kappa shape index (κ1) is 17.0. The van der Waals surface area contributed by atoms with Gasteiger partial charge in [0.15, 0.2) is 0 Å². The predicted molar refractivity (Wildman–Crippen MR) is 110 cm³/mol. The van der Waals surface area contributed by atoms with E-state index in [1.807, 2.05) is 67.6 Å². The van der Waals surface area contributed by atoms with Crippen LogP contribution < -0.4 is 4.90 Å². The van der Waals surface area contributed by atoms with Gasteiger partial charge in [-0.2, -0.15) is 0 Å². The number of hydrogen-bond acceptors (Lipinski definition) is 1. The fourth-order valence-corrected chi connectivity index (χ4v) is 2.70. The summed E-state index contributed by atoms with van der Waals surface area (Å²) in [5.74, 6) is 11.3. The Morgan fingerprint density at radius 1 is 0.577 bits per heavy atom. The molecule has 26 heavy (non-hydrogen) atoms. The van der Waals surface area contributed by atoms with Crippen molar-refractivity contribution in [3.63, 3.8) is 0 Å². The van der Waals surface area contributed by atoms with Gasteiger partial charge < -0.3 is 4.90 Å². The number of hydrogen-bond donors (Lipinski definition) is 0. The van der Waals surface area contributed by atoms with E-state index in [-0.39, 0.29) is 0 Å². The van der Waals surface area contributed by atoms with Crippen LogP contribution in [-0.2, 0) is 0 Å². The Morgan fingerprint density at radius 2 is 0.923 bits per heavy atom. The Kier molecular flexibility index (Phi) is 5.10. The molecule has 0 amide bonds. The topological polar surface area (TPSA) is 3.24 Å². The van der Waals surface area contributed by atoms with Crippen LogP contribution in [0.5, 0.6) is 0 Å². The van der Waals surface area contributed by atoms with Crippen LogP contribution >= 0.6 is 0 Å². The molecule has 0 fully saturated rings. The van der Waals surface area contributed by atoms with Gasteiger partial charge in [-0.1, -0.05) is 17.8 Å². The molecule has 0 aliphatic carbocycles. The molecule has 0 bridgehead atoms. The average molecular weight is 331 g/mol. The molecule has 3 rings (SSSR count). The van der Waals surface area contributed by atoms with Crippen LogP contribution in [-0.4, -0.2) is 0 Å². The molecule has 0 radical (unpaired) electrons. The third kappa shape index (κ3) is 3.62. The van der Waals surface area contributed by atoms with Crippen LogP contribution in [0.2, 0.25) is 0 Å². The van der Waals surface area contributed by atoms with Gasteiger partial charge in [0.1, 0.15) is 0 Å². The molecule has 0 saturated heterocycles. The lowest BCUT2D eigenvalue weighted by atomic mass is 10.1. The second-order valence-electron chi connectivity index (χ2n) is 5.64. The first-order chi connectivity index (χ1) is 12.7. The smallest absolute Gasteiger partial charge is 0.0462 e. The molecular weight excluding hydrogens is 314 g/mol. The van der Waals surface area contributed by atoms with Gasteiger partial charge in [0.25, 0.3) is 0 Å². The zero-order valence-corrected chi connectivity index (χ0v) is 14.5. The van der Waals surface area contributed by atoms with Crippen molar-refractivity contribution < 1.29 is 0 Å². The summed E-state index contributed by atoms with van der Waals surface area (Å²) in [4.78, 5) is 2.16. The average Bonchev–Trinajstić information content (AvgIpc) is 2.71. The van der Waals surface area contributed by atoms with Gasteiger partial charge in [0.05, 0.1) is 0 Å². The zero-order chi connectivity index (χ0) is 18.4. The molecule has 0 aliphatic rings. The van der Waals surface area contributed by atoms with Crippen LogP contribution in [0.15, 0.2) is 72.8 Å². The van der Waals surface area contributed by atoms with E-state index in [1.165, 1.54) is 0 Å². The molecule has 0 heterocycles. The SMILES string of the molecule is C#Cc1ccc(N(c2ccc(C#C)cc2)c2ccc(C#CC)cc2)cc1. The normalized spacial score (nSPS) is 9.35. The fourth-order valence-electron chi connectivity index (χ4n) is 2.70. The second kappa shape index (κ2) is 7.81. The summed E-state index contributed by atoms with van der Waals surface area (Å²) in [6.07, 6.45) is 11.0. The molecule has 3 aromatic carbocycles. The summed E-state index contributed by atoms with van der Waals surface area (Å²) >= 11 is 0. The largest absolute Gasteiger partial charge is 0.311 e. The van der Waals surface area contributed by atoms with Crippen LogP contribution in [0, 0.1) is 36.5 Å². The Hall–Kier alpha value is -3.86. The van der Waals surface area contributed by atoms with E-state index in [1.54, 1.807) is 0 Å². The monoisotopic (exact) mass is 331 g/mol. The van der Waals surface area contributed by atoms with Crippen molar-refractivity contribution in [3.8, 4) is 36.5 Å². The Balaban J connectivity index is 2.09. The molecule has 0 atom stereocenters. The minimum absolute atomic E-state index is 0.852. The number of anilines is 3. The maximum atomic E-state index is 5.48. The van der Waals surface area contributed by atoms with Crippen molar-refractivity contribution in [1.29, 1.82) is 0 Å². The maximum Gasteiger partial charge on any atom is 0.0462 e. The van der Waals surface area contributed by atoms with Gasteiger partial charge in [-0.3, -0.25) is 0 Å². The van der Waals surface area contributed by atoms with Gasteiger partial charge >= 0.3 is 0 Å². The van der Waals surface area contributed by atoms with E-state index < -0.39 is 0 Å². The van der Waals surface area contributed by atoms with Crippen molar-refractivity contribution in [2.45, 2.75) is 6.92 Å². The van der Waals surface area contributed by atoms with E-state index in [9.17, 15) is 0 Å². The molecule has 0 saturated carbocycles. The highest BCUT2D eigenvalue weighted by Crippen LogP contribution is 2.34. The number of rotatable bonds is 3. The van der Waals surface area contributed by atoms with Crippen LogP contribution in [0.25, 0.3) is 0 Å². The number of terminal acetylenes is 2. The number of nitrogens with zero attached hydrogens (tertiary/aromatic N) is 1. The molecule has 0 spiro atoms. The lowest BCUT2D eigenvalue weighted by Crippen LogP contribution is -2.09. The molecule has 122 valence electrons. The quantitative estimate of drug-likeness (QED) is 0.574. The summed E-state index contributed by atoms with van der Waals surface area (Å²) < 4.78 is 0. The van der Waals surface area contributed by atoms with Crippen molar-refractivity contribution in [3.05, 3.63) is 89.5 Å². The third-order valence-corrected chi connectivity index (χ3v) is 3.98. The summed E-state index contributed by atoms with van der Waals surface area (Å²) in [6.45, 7) is 1.83. The Labute approximate surface area is 155 Å². The molecule has 0 aliphatic heterocycles. The highest BCUT2D eigenvalue weighted by atomic mass is 15.1. The van der Waals surface area contributed by atoms with Crippen molar-refractivity contribution in [1.82, 2.24) is 0 Å².